The summed E-state index contributed by atoms with van der Waals surface area (Å²) < 4.78 is 2.41. The van der Waals surface area contributed by atoms with Crippen molar-refractivity contribution in [3.8, 4) is 0 Å². The lowest BCUT2D eigenvalue weighted by atomic mass is 10.0. The molecule has 0 radical (unpaired) electrons. The van der Waals surface area contributed by atoms with Crippen LogP contribution in [0.25, 0.3) is 0 Å². The van der Waals surface area contributed by atoms with Gasteiger partial charge in [0.05, 0.1) is 0 Å². The van der Waals surface area contributed by atoms with Crippen molar-refractivity contribution in [3.63, 3.8) is 0 Å². The lowest BCUT2D eigenvalue weighted by Crippen LogP contribution is -2.22. The van der Waals surface area contributed by atoms with Crippen molar-refractivity contribution in [3.05, 3.63) is 24.0 Å². The Bertz CT molecular complexity index is 287. The first-order chi connectivity index (χ1) is 7.72. The predicted octanol–water partition coefficient (Wildman–Crippen LogP) is 3.59. The average molecular weight is 222 g/mol. The monoisotopic (exact) mass is 222 g/mol. The summed E-state index contributed by atoms with van der Waals surface area (Å²) in [6, 6.07) is 4.84. The van der Waals surface area contributed by atoms with Crippen LogP contribution in [0.4, 0.5) is 0 Å². The molecule has 1 atom stereocenters. The fraction of sp³-hybridized carbons (Fsp3) is 0.714. The van der Waals surface area contributed by atoms with Gasteiger partial charge in [-0.2, -0.15) is 0 Å². The van der Waals surface area contributed by atoms with Crippen LogP contribution in [0.5, 0.6) is 0 Å². The summed E-state index contributed by atoms with van der Waals surface area (Å²) in [4.78, 5) is 0. The molecule has 0 aliphatic heterocycles. The van der Waals surface area contributed by atoms with Gasteiger partial charge in [-0.25, -0.2) is 0 Å². The minimum absolute atomic E-state index is 0.453. The van der Waals surface area contributed by atoms with Gasteiger partial charge in [-0.05, 0) is 31.5 Å². The molecule has 0 saturated heterocycles. The topological polar surface area (TPSA) is 17.0 Å². The number of aromatic nitrogens is 1. The van der Waals surface area contributed by atoms with E-state index in [0.717, 1.165) is 19.0 Å². The quantitative estimate of drug-likeness (QED) is 0.746. The van der Waals surface area contributed by atoms with Crippen LogP contribution < -0.4 is 5.32 Å². The molecule has 1 aromatic heterocycles. The highest BCUT2D eigenvalue weighted by molar-refractivity contribution is 5.11. The molecule has 1 unspecified atom stereocenters. The van der Waals surface area contributed by atoms with E-state index in [-0.39, 0.29) is 0 Å². The molecule has 92 valence electrons. The fourth-order valence-electron chi connectivity index (χ4n) is 2.22. The first-order valence-electron chi connectivity index (χ1n) is 6.61. The van der Waals surface area contributed by atoms with Gasteiger partial charge in [0.15, 0.2) is 0 Å². The van der Waals surface area contributed by atoms with E-state index in [1.807, 2.05) is 0 Å². The van der Waals surface area contributed by atoms with E-state index < -0.39 is 0 Å². The predicted molar refractivity (Wildman–Crippen MR) is 70.6 cm³/mol. The standard InChI is InChI=1S/C14H26N2/c1-5-13(6-2)11-16-10-8-9-14(16)12(4)15-7-3/h8-10,12-13,15H,5-7,11H2,1-4H3. The highest BCUT2D eigenvalue weighted by Gasteiger charge is 2.11. The SMILES string of the molecule is CCNC(C)c1cccn1CC(CC)CC. The number of hydrogen-bond acceptors (Lipinski definition) is 1. The van der Waals surface area contributed by atoms with Crippen LogP contribution in [-0.4, -0.2) is 11.1 Å². The van der Waals surface area contributed by atoms with Gasteiger partial charge < -0.3 is 9.88 Å². The molecule has 0 fully saturated rings. The maximum absolute atomic E-state index is 3.48. The lowest BCUT2D eigenvalue weighted by Gasteiger charge is -2.20. The molecule has 1 N–H and O–H groups in total. The van der Waals surface area contributed by atoms with E-state index >= 15 is 0 Å². The molecular weight excluding hydrogens is 196 g/mol. The van der Waals surface area contributed by atoms with Crippen LogP contribution in [0.1, 0.15) is 52.3 Å². The van der Waals surface area contributed by atoms with Gasteiger partial charge in [-0.15, -0.1) is 0 Å². The summed E-state index contributed by atoms with van der Waals surface area (Å²) in [5, 5.41) is 3.48. The van der Waals surface area contributed by atoms with Crippen LogP contribution in [0.2, 0.25) is 0 Å². The van der Waals surface area contributed by atoms with Crippen molar-refractivity contribution in [2.24, 2.45) is 5.92 Å². The maximum Gasteiger partial charge on any atom is 0.0446 e. The van der Waals surface area contributed by atoms with E-state index in [1.54, 1.807) is 0 Å². The third-order valence-electron chi connectivity index (χ3n) is 3.43. The second kappa shape index (κ2) is 6.74. The Morgan fingerprint density at radius 1 is 1.25 bits per heavy atom. The van der Waals surface area contributed by atoms with Gasteiger partial charge in [-0.1, -0.05) is 33.6 Å². The highest BCUT2D eigenvalue weighted by Crippen LogP contribution is 2.17. The molecule has 0 aliphatic rings. The summed E-state index contributed by atoms with van der Waals surface area (Å²) >= 11 is 0. The molecule has 16 heavy (non-hydrogen) atoms. The fourth-order valence-corrected chi connectivity index (χ4v) is 2.22. The largest absolute Gasteiger partial charge is 0.350 e. The Morgan fingerprint density at radius 2 is 1.94 bits per heavy atom. The Labute approximate surface area is 100 Å². The van der Waals surface area contributed by atoms with Gasteiger partial charge in [0.25, 0.3) is 0 Å². The normalized spacial score (nSPS) is 13.3. The summed E-state index contributed by atoms with van der Waals surface area (Å²) in [5.41, 5.74) is 1.41. The first kappa shape index (κ1) is 13.3. The van der Waals surface area contributed by atoms with Gasteiger partial charge in [0.2, 0.25) is 0 Å². The summed E-state index contributed by atoms with van der Waals surface area (Å²) in [6.45, 7) is 11.1. The molecule has 0 aliphatic carbocycles. The second-order valence-corrected chi connectivity index (χ2v) is 4.55. The number of hydrogen-bond donors (Lipinski definition) is 1. The van der Waals surface area contributed by atoms with Gasteiger partial charge >= 0.3 is 0 Å². The highest BCUT2D eigenvalue weighted by atomic mass is 15.0. The number of nitrogens with zero attached hydrogens (tertiary/aromatic N) is 1. The molecule has 0 bridgehead atoms. The number of nitrogens with one attached hydrogen (secondary N) is 1. The van der Waals surface area contributed by atoms with E-state index in [1.165, 1.54) is 18.5 Å². The van der Waals surface area contributed by atoms with Crippen molar-refractivity contribution >= 4 is 0 Å². The maximum atomic E-state index is 3.48. The zero-order chi connectivity index (χ0) is 12.0. The molecule has 2 heteroatoms. The third kappa shape index (κ3) is 3.38. The van der Waals surface area contributed by atoms with Gasteiger partial charge in [0, 0.05) is 24.5 Å². The summed E-state index contributed by atoms with van der Waals surface area (Å²) in [7, 11) is 0. The second-order valence-electron chi connectivity index (χ2n) is 4.55. The molecule has 1 heterocycles. The van der Waals surface area contributed by atoms with E-state index in [9.17, 15) is 0 Å². The molecule has 0 spiro atoms. The van der Waals surface area contributed by atoms with E-state index in [2.05, 4.69) is 55.9 Å². The van der Waals surface area contributed by atoms with Crippen LogP contribution in [0, 0.1) is 5.92 Å². The molecule has 0 saturated carbocycles. The minimum Gasteiger partial charge on any atom is -0.350 e. The summed E-state index contributed by atoms with van der Waals surface area (Å²) in [5.74, 6) is 0.806. The third-order valence-corrected chi connectivity index (χ3v) is 3.43. The Hall–Kier alpha value is -0.760. The lowest BCUT2D eigenvalue weighted by molar-refractivity contribution is 0.402. The van der Waals surface area contributed by atoms with Crippen molar-refractivity contribution in [2.45, 2.75) is 53.1 Å². The van der Waals surface area contributed by atoms with Crippen molar-refractivity contribution in [1.82, 2.24) is 9.88 Å². The Kier molecular flexibility index (Phi) is 5.61. The molecule has 0 amide bonds. The molecule has 1 aromatic rings. The van der Waals surface area contributed by atoms with E-state index in [4.69, 9.17) is 0 Å². The van der Waals surface area contributed by atoms with Crippen molar-refractivity contribution in [1.29, 1.82) is 0 Å². The minimum atomic E-state index is 0.453. The average Bonchev–Trinajstić information content (AvgIpc) is 2.74. The van der Waals surface area contributed by atoms with Crippen molar-refractivity contribution < 1.29 is 0 Å². The van der Waals surface area contributed by atoms with E-state index in [0.29, 0.717) is 6.04 Å². The van der Waals surface area contributed by atoms with Gasteiger partial charge in [-0.3, -0.25) is 0 Å². The molecule has 2 nitrogen and oxygen atoms in total. The molecule has 1 rings (SSSR count). The molecule has 0 aromatic carbocycles. The number of rotatable bonds is 7. The van der Waals surface area contributed by atoms with Crippen LogP contribution in [0.3, 0.4) is 0 Å². The Morgan fingerprint density at radius 3 is 2.50 bits per heavy atom. The summed E-state index contributed by atoms with van der Waals surface area (Å²) in [6.07, 6.45) is 4.74. The zero-order valence-corrected chi connectivity index (χ0v) is 11.2. The van der Waals surface area contributed by atoms with Crippen LogP contribution in [-0.2, 0) is 6.54 Å². The van der Waals surface area contributed by atoms with Gasteiger partial charge in [0.1, 0.15) is 0 Å². The van der Waals surface area contributed by atoms with Crippen molar-refractivity contribution in [2.75, 3.05) is 6.54 Å². The Balaban J connectivity index is 2.69. The zero-order valence-electron chi connectivity index (χ0n) is 11.2. The smallest absolute Gasteiger partial charge is 0.0446 e. The van der Waals surface area contributed by atoms with Crippen LogP contribution >= 0.6 is 0 Å². The molecular formula is C14H26N2. The first-order valence-corrected chi connectivity index (χ1v) is 6.61. The van der Waals surface area contributed by atoms with Crippen LogP contribution in [0.15, 0.2) is 18.3 Å².